The number of hydrogen-bond donors (Lipinski definition) is 2. The SMILES string of the molecule is CCC/C=C1\c2cc(O)ccc2CC12Cc1ccc(O)cc1C2. The lowest BCUT2D eigenvalue weighted by Crippen LogP contribution is -2.20. The van der Waals surface area contributed by atoms with Crippen LogP contribution < -0.4 is 0 Å². The first-order chi connectivity index (χ1) is 11.1. The molecule has 0 amide bonds. The standard InChI is InChI=1S/C21H22O2/c1-2-3-4-20-19-10-18(23)8-6-15(19)12-21(20)11-14-5-7-17(22)9-16(14)13-21/h4-10,22-23H,2-3,11-13H2,1H3/b20-4+. The van der Waals surface area contributed by atoms with Crippen molar-refractivity contribution in [3.63, 3.8) is 0 Å². The molecule has 2 aromatic rings. The van der Waals surface area contributed by atoms with Gasteiger partial charge in [0.1, 0.15) is 11.5 Å². The van der Waals surface area contributed by atoms with Gasteiger partial charge in [0.05, 0.1) is 0 Å². The summed E-state index contributed by atoms with van der Waals surface area (Å²) in [6.45, 7) is 2.20. The first-order valence-corrected chi connectivity index (χ1v) is 8.45. The molecule has 2 aromatic carbocycles. The van der Waals surface area contributed by atoms with Gasteiger partial charge in [-0.2, -0.15) is 0 Å². The second kappa shape index (κ2) is 5.16. The van der Waals surface area contributed by atoms with Crippen molar-refractivity contribution >= 4 is 5.57 Å². The molecular formula is C21H22O2. The van der Waals surface area contributed by atoms with E-state index >= 15 is 0 Å². The van der Waals surface area contributed by atoms with Gasteiger partial charge in [0.25, 0.3) is 0 Å². The Balaban J connectivity index is 1.81. The molecule has 0 aliphatic heterocycles. The zero-order valence-electron chi connectivity index (χ0n) is 13.5. The summed E-state index contributed by atoms with van der Waals surface area (Å²) >= 11 is 0. The highest BCUT2D eigenvalue weighted by Crippen LogP contribution is 2.55. The summed E-state index contributed by atoms with van der Waals surface area (Å²) in [5.41, 5.74) is 6.66. The lowest BCUT2D eigenvalue weighted by atomic mass is 9.77. The van der Waals surface area contributed by atoms with E-state index in [1.54, 1.807) is 12.1 Å². The van der Waals surface area contributed by atoms with Gasteiger partial charge in [-0.1, -0.05) is 31.6 Å². The molecule has 2 N–H and O–H groups in total. The van der Waals surface area contributed by atoms with E-state index in [1.165, 1.54) is 27.8 Å². The quantitative estimate of drug-likeness (QED) is 0.849. The fraction of sp³-hybridized carbons (Fsp3) is 0.333. The highest BCUT2D eigenvalue weighted by molar-refractivity contribution is 5.80. The smallest absolute Gasteiger partial charge is 0.116 e. The van der Waals surface area contributed by atoms with Crippen LogP contribution in [-0.2, 0) is 19.3 Å². The first kappa shape index (κ1) is 14.4. The monoisotopic (exact) mass is 306 g/mol. The predicted octanol–water partition coefficient (Wildman–Crippen LogP) is 4.62. The Bertz CT molecular complexity index is 799. The second-order valence-corrected chi connectivity index (χ2v) is 7.01. The fourth-order valence-corrected chi connectivity index (χ4v) is 4.39. The van der Waals surface area contributed by atoms with Crippen LogP contribution in [0.25, 0.3) is 5.57 Å². The first-order valence-electron chi connectivity index (χ1n) is 8.45. The minimum absolute atomic E-state index is 0.0986. The molecule has 118 valence electrons. The number of hydrogen-bond acceptors (Lipinski definition) is 2. The Morgan fingerprint density at radius 3 is 2.35 bits per heavy atom. The highest BCUT2D eigenvalue weighted by atomic mass is 16.3. The number of unbranched alkanes of at least 4 members (excludes halogenated alkanes) is 1. The third kappa shape index (κ3) is 2.24. The molecule has 0 saturated heterocycles. The van der Waals surface area contributed by atoms with E-state index in [2.05, 4.69) is 25.1 Å². The van der Waals surface area contributed by atoms with E-state index in [-0.39, 0.29) is 5.41 Å². The minimum Gasteiger partial charge on any atom is -0.508 e. The van der Waals surface area contributed by atoms with Gasteiger partial charge in [0, 0.05) is 5.41 Å². The topological polar surface area (TPSA) is 40.5 Å². The molecule has 0 radical (unpaired) electrons. The van der Waals surface area contributed by atoms with Crippen molar-refractivity contribution < 1.29 is 10.2 Å². The normalized spacial score (nSPS) is 23.4. The average Bonchev–Trinajstić information content (AvgIpc) is 3.01. The number of phenolic OH excluding ortho intramolecular Hbond substituents is 2. The molecule has 2 aliphatic rings. The molecule has 23 heavy (non-hydrogen) atoms. The van der Waals surface area contributed by atoms with Gasteiger partial charge >= 0.3 is 0 Å². The van der Waals surface area contributed by atoms with Crippen molar-refractivity contribution in [2.45, 2.75) is 39.0 Å². The highest BCUT2D eigenvalue weighted by Gasteiger charge is 2.45. The zero-order chi connectivity index (χ0) is 16.0. The van der Waals surface area contributed by atoms with Crippen LogP contribution in [0.2, 0.25) is 0 Å². The molecule has 2 heteroatoms. The van der Waals surface area contributed by atoms with Gasteiger partial charge in [-0.25, -0.2) is 0 Å². The fourth-order valence-electron chi connectivity index (χ4n) is 4.39. The third-order valence-corrected chi connectivity index (χ3v) is 5.37. The lowest BCUT2D eigenvalue weighted by molar-refractivity contribution is 0.439. The van der Waals surface area contributed by atoms with Crippen molar-refractivity contribution in [1.29, 1.82) is 0 Å². The molecule has 4 rings (SSSR count). The van der Waals surface area contributed by atoms with E-state index < -0.39 is 0 Å². The summed E-state index contributed by atoms with van der Waals surface area (Å²) in [5, 5.41) is 19.7. The van der Waals surface area contributed by atoms with E-state index in [0.717, 1.165) is 32.1 Å². The number of phenols is 2. The van der Waals surface area contributed by atoms with Gasteiger partial charge in [-0.15, -0.1) is 0 Å². The summed E-state index contributed by atoms with van der Waals surface area (Å²) in [4.78, 5) is 0. The van der Waals surface area contributed by atoms with Crippen LogP contribution in [0.15, 0.2) is 42.5 Å². The Kier molecular flexibility index (Phi) is 3.22. The van der Waals surface area contributed by atoms with Gasteiger partial charge in [0.15, 0.2) is 0 Å². The van der Waals surface area contributed by atoms with Crippen LogP contribution in [0, 0.1) is 5.41 Å². The summed E-state index contributed by atoms with van der Waals surface area (Å²) in [6, 6.07) is 11.6. The Morgan fingerprint density at radius 2 is 1.57 bits per heavy atom. The minimum atomic E-state index is 0.0986. The average molecular weight is 306 g/mol. The molecule has 0 saturated carbocycles. The summed E-state index contributed by atoms with van der Waals surface area (Å²) in [5.74, 6) is 0.699. The van der Waals surface area contributed by atoms with Crippen LogP contribution in [0.5, 0.6) is 11.5 Å². The zero-order valence-corrected chi connectivity index (χ0v) is 13.5. The van der Waals surface area contributed by atoms with Gasteiger partial charge in [-0.3, -0.25) is 0 Å². The van der Waals surface area contributed by atoms with Crippen LogP contribution in [-0.4, -0.2) is 10.2 Å². The summed E-state index contributed by atoms with van der Waals surface area (Å²) in [6.07, 6.45) is 7.58. The lowest BCUT2D eigenvalue weighted by Gasteiger charge is -2.26. The molecule has 2 aliphatic carbocycles. The van der Waals surface area contributed by atoms with Crippen LogP contribution in [0.1, 0.15) is 42.0 Å². The van der Waals surface area contributed by atoms with E-state index in [9.17, 15) is 10.2 Å². The number of fused-ring (bicyclic) bond motifs is 2. The summed E-state index contributed by atoms with van der Waals surface area (Å²) in [7, 11) is 0. The molecule has 1 unspecified atom stereocenters. The van der Waals surface area contributed by atoms with Gasteiger partial charge in [0.2, 0.25) is 0 Å². The van der Waals surface area contributed by atoms with Gasteiger partial charge < -0.3 is 10.2 Å². The van der Waals surface area contributed by atoms with Crippen molar-refractivity contribution in [2.75, 3.05) is 0 Å². The van der Waals surface area contributed by atoms with Crippen molar-refractivity contribution in [2.24, 2.45) is 5.41 Å². The number of allylic oxidation sites excluding steroid dienone is 2. The largest absolute Gasteiger partial charge is 0.508 e. The third-order valence-electron chi connectivity index (χ3n) is 5.37. The molecule has 2 nitrogen and oxygen atoms in total. The maximum Gasteiger partial charge on any atom is 0.116 e. The van der Waals surface area contributed by atoms with Crippen LogP contribution >= 0.6 is 0 Å². The van der Waals surface area contributed by atoms with E-state index in [0.29, 0.717) is 11.5 Å². The van der Waals surface area contributed by atoms with Crippen LogP contribution in [0.3, 0.4) is 0 Å². The maximum atomic E-state index is 9.92. The molecule has 0 bridgehead atoms. The maximum absolute atomic E-state index is 9.92. The predicted molar refractivity (Wildman–Crippen MR) is 92.6 cm³/mol. The van der Waals surface area contributed by atoms with Gasteiger partial charge in [-0.05, 0) is 77.8 Å². The Morgan fingerprint density at radius 1 is 0.913 bits per heavy atom. The van der Waals surface area contributed by atoms with E-state index in [4.69, 9.17) is 0 Å². The Labute approximate surface area is 137 Å². The van der Waals surface area contributed by atoms with Crippen molar-refractivity contribution in [3.05, 3.63) is 64.7 Å². The van der Waals surface area contributed by atoms with Crippen molar-refractivity contribution in [1.82, 2.24) is 0 Å². The number of aromatic hydroxyl groups is 2. The number of benzene rings is 2. The second-order valence-electron chi connectivity index (χ2n) is 7.01. The molecular weight excluding hydrogens is 284 g/mol. The van der Waals surface area contributed by atoms with Crippen molar-refractivity contribution in [3.8, 4) is 11.5 Å². The summed E-state index contributed by atoms with van der Waals surface area (Å²) < 4.78 is 0. The molecule has 0 fully saturated rings. The molecule has 1 atom stereocenters. The Hall–Kier alpha value is -2.22. The van der Waals surface area contributed by atoms with E-state index in [1.807, 2.05) is 12.1 Å². The van der Waals surface area contributed by atoms with Crippen LogP contribution in [0.4, 0.5) is 0 Å². The number of rotatable bonds is 2. The molecule has 1 spiro atoms. The molecule has 0 heterocycles. The molecule has 0 aromatic heterocycles.